The van der Waals surface area contributed by atoms with Crippen molar-refractivity contribution in [1.82, 2.24) is 0 Å². The van der Waals surface area contributed by atoms with Crippen LogP contribution < -0.4 is 0 Å². The minimum absolute atomic E-state index is 0.0983. The molecule has 2 atom stereocenters. The summed E-state index contributed by atoms with van der Waals surface area (Å²) >= 11 is 0. The van der Waals surface area contributed by atoms with Gasteiger partial charge in [0.25, 0.3) is 0 Å². The minimum atomic E-state index is 0.0983. The summed E-state index contributed by atoms with van der Waals surface area (Å²) in [6.45, 7) is 1.73. The summed E-state index contributed by atoms with van der Waals surface area (Å²) in [7, 11) is 0. The normalized spacial score (nSPS) is 41.3. The van der Waals surface area contributed by atoms with Crippen LogP contribution in [0.2, 0.25) is 0 Å². The molecule has 3 aliphatic heterocycles. The highest BCUT2D eigenvalue weighted by atomic mass is 16.7. The Morgan fingerprint density at radius 1 is 0.722 bits per heavy atom. The van der Waals surface area contributed by atoms with E-state index in [2.05, 4.69) is 0 Å². The number of fused-ring (bicyclic) bond motifs is 1. The van der Waals surface area contributed by atoms with Gasteiger partial charge in [0.15, 0.2) is 6.29 Å². The van der Waals surface area contributed by atoms with Gasteiger partial charge in [0.1, 0.15) is 0 Å². The van der Waals surface area contributed by atoms with Crippen molar-refractivity contribution in [3.8, 4) is 0 Å². The second-order valence-electron chi connectivity index (χ2n) is 6.81. The maximum Gasteiger partial charge on any atom is 0.162 e. The molecular weight excluding hydrogens is 228 g/mol. The molecule has 1 aliphatic carbocycles. The first-order chi connectivity index (χ1) is 8.79. The fourth-order valence-electron chi connectivity index (χ4n) is 4.61. The smallest absolute Gasteiger partial charge is 0.162 e. The SMILES string of the molecule is C1CCC2(CC1)C[C@H]1CC3(CCOCC3)O[C@H]1O2. The van der Waals surface area contributed by atoms with Crippen LogP contribution in [0.3, 0.4) is 0 Å². The van der Waals surface area contributed by atoms with E-state index in [9.17, 15) is 0 Å². The van der Waals surface area contributed by atoms with Crippen molar-refractivity contribution in [2.75, 3.05) is 13.2 Å². The van der Waals surface area contributed by atoms with E-state index in [4.69, 9.17) is 14.2 Å². The lowest BCUT2D eigenvalue weighted by Gasteiger charge is -2.37. The van der Waals surface area contributed by atoms with Crippen LogP contribution in [0.1, 0.15) is 57.8 Å². The van der Waals surface area contributed by atoms with Gasteiger partial charge in [-0.15, -0.1) is 0 Å². The Balaban J connectivity index is 1.45. The van der Waals surface area contributed by atoms with Crippen LogP contribution in [0, 0.1) is 5.92 Å². The molecule has 0 N–H and O–H groups in total. The zero-order chi connectivity index (χ0) is 12.1. The first-order valence-electron chi connectivity index (χ1n) is 7.73. The average Bonchev–Trinajstić information content (AvgIpc) is 2.83. The van der Waals surface area contributed by atoms with Gasteiger partial charge in [-0.1, -0.05) is 19.3 Å². The molecule has 0 aromatic rings. The van der Waals surface area contributed by atoms with Crippen LogP contribution in [0.5, 0.6) is 0 Å². The van der Waals surface area contributed by atoms with Gasteiger partial charge in [-0.3, -0.25) is 0 Å². The Bertz CT molecular complexity index is 268. The monoisotopic (exact) mass is 252 g/mol. The van der Waals surface area contributed by atoms with Crippen molar-refractivity contribution >= 4 is 0 Å². The van der Waals surface area contributed by atoms with E-state index < -0.39 is 0 Å². The van der Waals surface area contributed by atoms with Gasteiger partial charge in [0.2, 0.25) is 0 Å². The molecule has 3 heterocycles. The minimum Gasteiger partial charge on any atom is -0.381 e. The third kappa shape index (κ3) is 1.83. The van der Waals surface area contributed by atoms with Crippen LogP contribution in [0.15, 0.2) is 0 Å². The van der Waals surface area contributed by atoms with Crippen LogP contribution in [-0.4, -0.2) is 30.7 Å². The van der Waals surface area contributed by atoms with E-state index >= 15 is 0 Å². The van der Waals surface area contributed by atoms with E-state index in [0.29, 0.717) is 5.92 Å². The van der Waals surface area contributed by atoms with Gasteiger partial charge in [0, 0.05) is 19.1 Å². The molecule has 4 fully saturated rings. The fraction of sp³-hybridized carbons (Fsp3) is 1.00. The van der Waals surface area contributed by atoms with E-state index in [0.717, 1.165) is 26.1 Å². The molecule has 0 aromatic heterocycles. The first-order valence-corrected chi connectivity index (χ1v) is 7.73. The second kappa shape index (κ2) is 4.19. The van der Waals surface area contributed by atoms with Gasteiger partial charge in [-0.2, -0.15) is 0 Å². The Morgan fingerprint density at radius 2 is 1.33 bits per heavy atom. The molecule has 0 bridgehead atoms. The lowest BCUT2D eigenvalue weighted by Crippen LogP contribution is -2.39. The standard InChI is InChI=1S/C15H24O3/c1-2-4-14(5-3-1)10-12-11-15(18-13(12)17-14)6-8-16-9-7-15/h12-13H,1-11H2/t12-,13+/m0/s1. The van der Waals surface area contributed by atoms with Gasteiger partial charge in [-0.05, 0) is 38.5 Å². The molecule has 2 spiro atoms. The highest BCUT2D eigenvalue weighted by Crippen LogP contribution is 2.53. The van der Waals surface area contributed by atoms with Crippen molar-refractivity contribution in [3.05, 3.63) is 0 Å². The maximum absolute atomic E-state index is 6.38. The molecule has 0 amide bonds. The maximum atomic E-state index is 6.38. The fourth-order valence-corrected chi connectivity index (χ4v) is 4.61. The third-order valence-electron chi connectivity index (χ3n) is 5.55. The van der Waals surface area contributed by atoms with Crippen molar-refractivity contribution in [2.45, 2.75) is 75.3 Å². The van der Waals surface area contributed by atoms with Crippen LogP contribution in [-0.2, 0) is 14.2 Å². The molecule has 4 aliphatic rings. The Morgan fingerprint density at radius 3 is 1.94 bits per heavy atom. The number of hydrogen-bond donors (Lipinski definition) is 0. The molecule has 0 radical (unpaired) electrons. The zero-order valence-corrected chi connectivity index (χ0v) is 11.2. The summed E-state index contributed by atoms with van der Waals surface area (Å²) < 4.78 is 18.2. The molecule has 3 heteroatoms. The van der Waals surface area contributed by atoms with Crippen molar-refractivity contribution in [2.24, 2.45) is 5.92 Å². The predicted molar refractivity (Wildman–Crippen MR) is 67.3 cm³/mol. The van der Waals surface area contributed by atoms with Crippen molar-refractivity contribution in [1.29, 1.82) is 0 Å². The Kier molecular flexibility index (Phi) is 2.72. The van der Waals surface area contributed by atoms with Gasteiger partial charge in [-0.25, -0.2) is 0 Å². The largest absolute Gasteiger partial charge is 0.381 e. The van der Waals surface area contributed by atoms with Gasteiger partial charge >= 0.3 is 0 Å². The summed E-state index contributed by atoms with van der Waals surface area (Å²) in [6, 6.07) is 0. The van der Waals surface area contributed by atoms with Crippen molar-refractivity contribution in [3.63, 3.8) is 0 Å². The molecule has 3 nitrogen and oxygen atoms in total. The molecule has 1 saturated carbocycles. The molecule has 3 saturated heterocycles. The van der Waals surface area contributed by atoms with Crippen molar-refractivity contribution < 1.29 is 14.2 Å². The molecule has 18 heavy (non-hydrogen) atoms. The average molecular weight is 252 g/mol. The van der Waals surface area contributed by atoms with E-state index in [1.807, 2.05) is 0 Å². The summed E-state index contributed by atoms with van der Waals surface area (Å²) in [4.78, 5) is 0. The molecule has 0 aromatic carbocycles. The number of hydrogen-bond acceptors (Lipinski definition) is 3. The van der Waals surface area contributed by atoms with Crippen LogP contribution in [0.4, 0.5) is 0 Å². The van der Waals surface area contributed by atoms with E-state index in [1.54, 1.807) is 0 Å². The van der Waals surface area contributed by atoms with Gasteiger partial charge in [0.05, 0.1) is 11.2 Å². The molecular formula is C15H24O3. The second-order valence-corrected chi connectivity index (χ2v) is 6.81. The summed E-state index contributed by atoms with van der Waals surface area (Å²) in [5, 5.41) is 0. The van der Waals surface area contributed by atoms with E-state index in [-0.39, 0.29) is 17.5 Å². The first kappa shape index (κ1) is 11.7. The number of rotatable bonds is 0. The summed E-state index contributed by atoms with van der Waals surface area (Å²) in [5.74, 6) is 0.654. The Hall–Kier alpha value is -0.120. The van der Waals surface area contributed by atoms with Gasteiger partial charge < -0.3 is 14.2 Å². The van der Waals surface area contributed by atoms with E-state index in [1.165, 1.54) is 44.9 Å². The number of ether oxygens (including phenoxy) is 3. The quantitative estimate of drug-likeness (QED) is 0.663. The molecule has 0 unspecified atom stereocenters. The lowest BCUT2D eigenvalue weighted by molar-refractivity contribution is -0.219. The Labute approximate surface area is 109 Å². The third-order valence-corrected chi connectivity index (χ3v) is 5.55. The zero-order valence-electron chi connectivity index (χ0n) is 11.2. The van der Waals surface area contributed by atoms with Crippen LogP contribution >= 0.6 is 0 Å². The molecule has 4 rings (SSSR count). The topological polar surface area (TPSA) is 27.7 Å². The lowest BCUT2D eigenvalue weighted by atomic mass is 9.78. The highest BCUT2D eigenvalue weighted by molar-refractivity contribution is 5.01. The summed E-state index contributed by atoms with van der Waals surface area (Å²) in [5.41, 5.74) is 0.296. The predicted octanol–water partition coefficient (Wildman–Crippen LogP) is 3.02. The summed E-state index contributed by atoms with van der Waals surface area (Å²) in [6.07, 6.45) is 11.3. The van der Waals surface area contributed by atoms with Crippen LogP contribution in [0.25, 0.3) is 0 Å². The highest BCUT2D eigenvalue weighted by Gasteiger charge is 2.56. The molecule has 102 valence electrons.